The minimum absolute atomic E-state index is 0.182. The summed E-state index contributed by atoms with van der Waals surface area (Å²) in [6.45, 7) is 2.61. The number of benzene rings is 2. The van der Waals surface area contributed by atoms with Gasteiger partial charge in [0.05, 0.1) is 6.54 Å². The van der Waals surface area contributed by atoms with E-state index >= 15 is 0 Å². The van der Waals surface area contributed by atoms with Gasteiger partial charge in [0.2, 0.25) is 0 Å². The maximum atomic E-state index is 10.6. The van der Waals surface area contributed by atoms with Crippen LogP contribution in [0.25, 0.3) is 0 Å². The molecular weight excluding hydrogens is 300 g/mol. The van der Waals surface area contributed by atoms with Crippen molar-refractivity contribution in [2.75, 3.05) is 0 Å². The van der Waals surface area contributed by atoms with Gasteiger partial charge in [-0.2, -0.15) is 0 Å². The van der Waals surface area contributed by atoms with Gasteiger partial charge >= 0.3 is 0 Å². The molecule has 0 saturated heterocycles. The van der Waals surface area contributed by atoms with Crippen LogP contribution in [0.5, 0.6) is 11.8 Å². The van der Waals surface area contributed by atoms with Crippen LogP contribution in [0, 0.1) is 0 Å². The summed E-state index contributed by atoms with van der Waals surface area (Å²) in [6, 6.07) is 20.1. The van der Waals surface area contributed by atoms with Gasteiger partial charge in [-0.05, 0) is 11.1 Å². The van der Waals surface area contributed by atoms with E-state index in [4.69, 9.17) is 0 Å². The Balaban J connectivity index is 1.54. The van der Waals surface area contributed by atoms with Crippen molar-refractivity contribution >= 4 is 0 Å². The van der Waals surface area contributed by atoms with E-state index in [9.17, 15) is 10.2 Å². The van der Waals surface area contributed by atoms with E-state index in [0.29, 0.717) is 19.6 Å². The first kappa shape index (κ1) is 14.8. The first-order valence-corrected chi connectivity index (χ1v) is 8.14. The monoisotopic (exact) mass is 320 g/mol. The molecule has 0 atom stereocenters. The van der Waals surface area contributed by atoms with E-state index in [1.54, 1.807) is 4.57 Å². The fourth-order valence-electron chi connectivity index (χ4n) is 3.40. The summed E-state index contributed by atoms with van der Waals surface area (Å²) < 4.78 is 1.60. The van der Waals surface area contributed by atoms with Crippen LogP contribution in [0.4, 0.5) is 0 Å². The van der Waals surface area contributed by atoms with Crippen molar-refractivity contribution in [3.63, 3.8) is 0 Å². The molecule has 0 aliphatic carbocycles. The fraction of sp³-hybridized carbons (Fsp3) is 0.200. The van der Waals surface area contributed by atoms with Crippen molar-refractivity contribution in [2.45, 2.75) is 26.2 Å². The molecule has 0 spiro atoms. The molecule has 0 radical (unpaired) electrons. The minimum atomic E-state index is 0.182. The first-order chi connectivity index (χ1) is 11.7. The third-order valence-electron chi connectivity index (χ3n) is 4.61. The van der Waals surface area contributed by atoms with Crippen LogP contribution in [-0.2, 0) is 26.2 Å². The van der Waals surface area contributed by atoms with Gasteiger partial charge in [-0.25, -0.2) is 0 Å². The number of hydrogen-bond acceptors (Lipinski definition) is 3. The van der Waals surface area contributed by atoms with Crippen molar-refractivity contribution in [1.29, 1.82) is 0 Å². The highest BCUT2D eigenvalue weighted by atomic mass is 16.3. The van der Waals surface area contributed by atoms with Crippen molar-refractivity contribution in [3.8, 4) is 11.8 Å². The maximum absolute atomic E-state index is 10.6. The highest BCUT2D eigenvalue weighted by Crippen LogP contribution is 2.40. The number of nitrogens with zero attached hydrogens (tertiary/aromatic N) is 2. The minimum Gasteiger partial charge on any atom is -0.494 e. The SMILES string of the molecule is Oc1c2c(c(O)n1Cc1ccccc1)CN(Cc1ccccc1)C2. The molecule has 0 saturated carbocycles. The van der Waals surface area contributed by atoms with E-state index in [1.165, 1.54) is 5.56 Å². The van der Waals surface area contributed by atoms with Crippen LogP contribution in [0.3, 0.4) is 0 Å². The fourth-order valence-corrected chi connectivity index (χ4v) is 3.40. The normalized spacial score (nSPS) is 14.0. The topological polar surface area (TPSA) is 48.6 Å². The first-order valence-electron chi connectivity index (χ1n) is 8.14. The largest absolute Gasteiger partial charge is 0.494 e. The van der Waals surface area contributed by atoms with Crippen LogP contribution in [-0.4, -0.2) is 19.7 Å². The van der Waals surface area contributed by atoms with E-state index < -0.39 is 0 Å². The second kappa shape index (κ2) is 6.06. The molecule has 0 unspecified atom stereocenters. The number of rotatable bonds is 4. The standard InChI is InChI=1S/C20H20N2O2/c23-19-17-13-21(11-15-7-3-1-4-8-15)14-18(17)20(24)22(19)12-16-9-5-2-6-10-16/h1-10,23-24H,11-14H2. The van der Waals surface area contributed by atoms with Gasteiger partial charge in [0.25, 0.3) is 0 Å². The van der Waals surface area contributed by atoms with Crippen LogP contribution in [0.2, 0.25) is 0 Å². The predicted molar refractivity (Wildman–Crippen MR) is 92.7 cm³/mol. The summed E-state index contributed by atoms with van der Waals surface area (Å²) in [5.74, 6) is 0.365. The molecule has 1 aromatic heterocycles. The molecule has 24 heavy (non-hydrogen) atoms. The Morgan fingerprint density at radius 1 is 0.667 bits per heavy atom. The summed E-state index contributed by atoms with van der Waals surface area (Å²) in [5, 5.41) is 21.1. The van der Waals surface area contributed by atoms with E-state index in [-0.39, 0.29) is 11.8 Å². The van der Waals surface area contributed by atoms with Crippen LogP contribution in [0.1, 0.15) is 22.3 Å². The second-order valence-corrected chi connectivity index (χ2v) is 6.31. The average molecular weight is 320 g/mol. The van der Waals surface area contributed by atoms with Gasteiger partial charge in [-0.15, -0.1) is 0 Å². The van der Waals surface area contributed by atoms with Crippen LogP contribution in [0.15, 0.2) is 60.7 Å². The third kappa shape index (κ3) is 2.65. The van der Waals surface area contributed by atoms with Crippen molar-refractivity contribution in [1.82, 2.24) is 9.47 Å². The lowest BCUT2D eigenvalue weighted by molar-refractivity contribution is 0.263. The highest BCUT2D eigenvalue weighted by Gasteiger charge is 2.30. The Bertz CT molecular complexity index is 812. The van der Waals surface area contributed by atoms with E-state index in [2.05, 4.69) is 17.0 Å². The molecule has 1 aliphatic rings. The van der Waals surface area contributed by atoms with Gasteiger partial charge < -0.3 is 10.2 Å². The number of aromatic hydroxyl groups is 2. The Morgan fingerprint density at radius 3 is 1.62 bits per heavy atom. The molecule has 2 heterocycles. The molecule has 2 N–H and O–H groups in total. The molecule has 4 heteroatoms. The van der Waals surface area contributed by atoms with E-state index in [0.717, 1.165) is 23.2 Å². The maximum Gasteiger partial charge on any atom is 0.199 e. The summed E-state index contributed by atoms with van der Waals surface area (Å²) in [7, 11) is 0. The number of fused-ring (bicyclic) bond motifs is 1. The summed E-state index contributed by atoms with van der Waals surface area (Å²) in [6.07, 6.45) is 0. The molecule has 4 nitrogen and oxygen atoms in total. The lowest BCUT2D eigenvalue weighted by Gasteiger charge is -2.16. The Labute approximate surface area is 141 Å². The van der Waals surface area contributed by atoms with Gasteiger partial charge in [0.15, 0.2) is 11.8 Å². The van der Waals surface area contributed by atoms with Gasteiger partial charge in [-0.3, -0.25) is 9.47 Å². The van der Waals surface area contributed by atoms with Gasteiger partial charge in [0.1, 0.15) is 0 Å². The molecule has 2 aromatic carbocycles. The molecule has 0 bridgehead atoms. The van der Waals surface area contributed by atoms with Gasteiger partial charge in [-0.1, -0.05) is 60.7 Å². The zero-order valence-electron chi connectivity index (χ0n) is 13.4. The molecule has 122 valence electrons. The van der Waals surface area contributed by atoms with Crippen molar-refractivity contribution < 1.29 is 10.2 Å². The summed E-state index contributed by atoms with van der Waals surface area (Å²) >= 11 is 0. The zero-order valence-corrected chi connectivity index (χ0v) is 13.4. The van der Waals surface area contributed by atoms with Crippen LogP contribution < -0.4 is 0 Å². The summed E-state index contributed by atoms with van der Waals surface area (Å²) in [4.78, 5) is 2.23. The molecule has 0 fully saturated rings. The Kier molecular flexibility index (Phi) is 3.75. The average Bonchev–Trinajstić information content (AvgIpc) is 3.12. The highest BCUT2D eigenvalue weighted by molar-refractivity contribution is 5.48. The molecule has 1 aliphatic heterocycles. The van der Waals surface area contributed by atoms with E-state index in [1.807, 2.05) is 48.5 Å². The van der Waals surface area contributed by atoms with Crippen LogP contribution >= 0.6 is 0 Å². The molecular formula is C20H20N2O2. The van der Waals surface area contributed by atoms with Crippen molar-refractivity contribution in [2.24, 2.45) is 0 Å². The quantitative estimate of drug-likeness (QED) is 0.774. The summed E-state index contributed by atoms with van der Waals surface area (Å²) in [5.41, 5.74) is 3.98. The molecule has 4 rings (SSSR count). The lowest BCUT2D eigenvalue weighted by Crippen LogP contribution is -2.16. The molecule has 3 aromatic rings. The Morgan fingerprint density at radius 2 is 1.12 bits per heavy atom. The predicted octanol–water partition coefficient (Wildman–Crippen LogP) is 3.46. The number of hydrogen-bond donors (Lipinski definition) is 2. The smallest absolute Gasteiger partial charge is 0.199 e. The third-order valence-corrected chi connectivity index (χ3v) is 4.61. The lowest BCUT2D eigenvalue weighted by atomic mass is 10.2. The van der Waals surface area contributed by atoms with Gasteiger partial charge in [0, 0.05) is 30.8 Å². The second-order valence-electron chi connectivity index (χ2n) is 6.31. The zero-order chi connectivity index (χ0) is 16.5. The van der Waals surface area contributed by atoms with Crippen molar-refractivity contribution in [3.05, 3.63) is 82.9 Å². The molecule has 0 amide bonds. The Hall–Kier alpha value is -2.72. The number of aromatic nitrogens is 1.